The van der Waals surface area contributed by atoms with Gasteiger partial charge in [0.25, 0.3) is 5.91 Å². The van der Waals surface area contributed by atoms with Gasteiger partial charge in [0.1, 0.15) is 17.4 Å². The zero-order valence-corrected chi connectivity index (χ0v) is 14.2. The summed E-state index contributed by atoms with van der Waals surface area (Å²) in [6, 6.07) is 4.20. The van der Waals surface area contributed by atoms with E-state index in [1.807, 2.05) is 0 Å². The predicted molar refractivity (Wildman–Crippen MR) is 86.2 cm³/mol. The van der Waals surface area contributed by atoms with Crippen LogP contribution in [-0.4, -0.2) is 36.7 Å². The third-order valence-corrected chi connectivity index (χ3v) is 3.58. The molecule has 0 bridgehead atoms. The fourth-order valence-corrected chi connectivity index (χ4v) is 2.16. The van der Waals surface area contributed by atoms with E-state index in [9.17, 15) is 36.6 Å². The summed E-state index contributed by atoms with van der Waals surface area (Å²) in [5.41, 5.74) is -1.57. The molecule has 28 heavy (non-hydrogen) atoms. The highest BCUT2D eigenvalue weighted by atomic mass is 19.2. The number of methoxy groups -OCH3 is 1. The molecule has 0 aromatic heterocycles. The first kappa shape index (κ1) is 21.1. The molecule has 0 radical (unpaired) electrons. The van der Waals surface area contributed by atoms with Crippen LogP contribution in [0.5, 0.6) is 5.75 Å². The Hall–Kier alpha value is -3.21. The zero-order chi connectivity index (χ0) is 21.0. The van der Waals surface area contributed by atoms with Gasteiger partial charge in [0.15, 0.2) is 23.3 Å². The molecule has 6 nitrogen and oxygen atoms in total. The Kier molecular flexibility index (Phi) is 6.52. The number of nitrogens with one attached hydrogen (secondary N) is 2. The number of amides is 2. The topological polar surface area (TPSA) is 87.7 Å². The van der Waals surface area contributed by atoms with Crippen molar-refractivity contribution >= 4 is 17.5 Å². The molecule has 0 saturated heterocycles. The second kappa shape index (κ2) is 8.65. The van der Waals surface area contributed by atoms with Crippen LogP contribution in [0.3, 0.4) is 0 Å². The Morgan fingerprint density at radius 2 is 1.61 bits per heavy atom. The van der Waals surface area contributed by atoms with Gasteiger partial charge in [-0.3, -0.25) is 9.59 Å². The average Bonchev–Trinajstić information content (AvgIpc) is 2.69. The number of hydrogen-bond donors (Lipinski definition) is 3. The van der Waals surface area contributed by atoms with E-state index in [-0.39, 0.29) is 5.69 Å². The number of aliphatic hydroxyl groups is 1. The normalized spacial score (nSPS) is 11.7. The summed E-state index contributed by atoms with van der Waals surface area (Å²) in [5.74, 6) is -14.2. The lowest BCUT2D eigenvalue weighted by Gasteiger charge is -2.17. The fraction of sp³-hybridized carbons (Fsp3) is 0.176. The Morgan fingerprint density at radius 1 is 1.04 bits per heavy atom. The zero-order valence-electron chi connectivity index (χ0n) is 14.2. The van der Waals surface area contributed by atoms with Gasteiger partial charge in [-0.25, -0.2) is 22.0 Å². The largest absolute Gasteiger partial charge is 0.497 e. The maximum atomic E-state index is 13.7. The number of carbonyl (C=O) groups is 2. The number of benzene rings is 2. The van der Waals surface area contributed by atoms with E-state index in [0.717, 1.165) is 0 Å². The molecule has 0 aliphatic rings. The molecule has 150 valence electrons. The van der Waals surface area contributed by atoms with Crippen LogP contribution >= 0.6 is 0 Å². The fourth-order valence-electron chi connectivity index (χ4n) is 2.16. The van der Waals surface area contributed by atoms with E-state index in [2.05, 4.69) is 5.32 Å². The number of carbonyl (C=O) groups excluding carboxylic acids is 2. The highest BCUT2D eigenvalue weighted by Crippen LogP contribution is 2.23. The van der Waals surface area contributed by atoms with E-state index in [1.54, 1.807) is 11.4 Å². The number of ether oxygens (including phenoxy) is 1. The average molecular weight is 404 g/mol. The quantitative estimate of drug-likeness (QED) is 0.391. The van der Waals surface area contributed by atoms with Gasteiger partial charge in [0.2, 0.25) is 11.7 Å². The van der Waals surface area contributed by atoms with Crippen molar-refractivity contribution in [2.24, 2.45) is 0 Å². The van der Waals surface area contributed by atoms with Crippen molar-refractivity contribution in [2.75, 3.05) is 19.0 Å². The minimum absolute atomic E-state index is 0.202. The third kappa shape index (κ3) is 4.19. The molecule has 1 atom stereocenters. The lowest BCUT2D eigenvalue weighted by molar-refractivity contribution is -0.118. The summed E-state index contributed by atoms with van der Waals surface area (Å²) in [6.45, 7) is -1.02. The Bertz CT molecular complexity index is 894. The van der Waals surface area contributed by atoms with E-state index in [1.165, 1.54) is 25.3 Å². The molecule has 2 aromatic carbocycles. The van der Waals surface area contributed by atoms with Gasteiger partial charge in [-0.15, -0.1) is 0 Å². The van der Waals surface area contributed by atoms with E-state index < -0.39 is 59.1 Å². The Morgan fingerprint density at radius 3 is 2.14 bits per heavy atom. The van der Waals surface area contributed by atoms with Crippen LogP contribution in [0.1, 0.15) is 10.4 Å². The van der Waals surface area contributed by atoms with E-state index >= 15 is 0 Å². The second-order valence-electron chi connectivity index (χ2n) is 5.37. The molecule has 3 N–H and O–H groups in total. The van der Waals surface area contributed by atoms with Crippen molar-refractivity contribution in [1.82, 2.24) is 5.32 Å². The second-order valence-corrected chi connectivity index (χ2v) is 5.37. The molecule has 0 unspecified atom stereocenters. The lowest BCUT2D eigenvalue weighted by Crippen LogP contribution is -2.46. The highest BCUT2D eigenvalue weighted by molar-refractivity contribution is 6.01. The van der Waals surface area contributed by atoms with Crippen LogP contribution in [0.2, 0.25) is 0 Å². The number of anilines is 1. The molecular weight excluding hydrogens is 391 g/mol. The van der Waals surface area contributed by atoms with Gasteiger partial charge in [-0.1, -0.05) is 6.07 Å². The van der Waals surface area contributed by atoms with Crippen LogP contribution < -0.4 is 15.4 Å². The van der Waals surface area contributed by atoms with Crippen LogP contribution in [0.4, 0.5) is 27.6 Å². The Balaban J connectivity index is 2.23. The summed E-state index contributed by atoms with van der Waals surface area (Å²) in [5, 5.41) is 13.3. The first-order chi connectivity index (χ1) is 13.2. The molecular formula is C17H13F5N2O4. The van der Waals surface area contributed by atoms with Gasteiger partial charge in [0, 0.05) is 11.8 Å². The van der Waals surface area contributed by atoms with Crippen LogP contribution in [-0.2, 0) is 4.79 Å². The molecule has 0 heterocycles. The standard InChI is InChI=1S/C17H13F5N2O4/c1-28-8-4-2-3-7(5-8)23-16(26)9(6-25)24-17(27)10-11(18)13(20)15(22)14(21)12(10)19/h2-5,9,25H,6H2,1H3,(H,23,26)(H,24,27)/t9-/m0/s1. The van der Waals surface area contributed by atoms with Gasteiger partial charge >= 0.3 is 0 Å². The maximum absolute atomic E-state index is 13.7. The molecule has 2 amide bonds. The molecule has 0 spiro atoms. The summed E-state index contributed by atoms with van der Waals surface area (Å²) < 4.78 is 71.8. The number of rotatable bonds is 6. The number of hydrogen-bond acceptors (Lipinski definition) is 4. The van der Waals surface area contributed by atoms with Crippen molar-refractivity contribution in [3.05, 3.63) is 58.9 Å². The lowest BCUT2D eigenvalue weighted by atomic mass is 10.1. The Labute approximate surface area is 154 Å². The van der Waals surface area contributed by atoms with Gasteiger partial charge in [-0.2, -0.15) is 0 Å². The van der Waals surface area contributed by atoms with Crippen molar-refractivity contribution in [3.8, 4) is 5.75 Å². The van der Waals surface area contributed by atoms with Gasteiger partial charge in [0.05, 0.1) is 13.7 Å². The number of aliphatic hydroxyl groups excluding tert-OH is 1. The first-order valence-electron chi connectivity index (χ1n) is 7.59. The molecule has 0 aliphatic heterocycles. The van der Waals surface area contributed by atoms with Crippen molar-refractivity contribution < 1.29 is 41.4 Å². The SMILES string of the molecule is COc1cccc(NC(=O)[C@H](CO)NC(=O)c2c(F)c(F)c(F)c(F)c2F)c1. The molecule has 2 rings (SSSR count). The summed E-state index contributed by atoms with van der Waals surface area (Å²) >= 11 is 0. The van der Waals surface area contributed by atoms with Crippen LogP contribution in [0.15, 0.2) is 24.3 Å². The summed E-state index contributed by atoms with van der Waals surface area (Å²) in [6.07, 6.45) is 0. The summed E-state index contributed by atoms with van der Waals surface area (Å²) in [4.78, 5) is 24.1. The van der Waals surface area contributed by atoms with E-state index in [0.29, 0.717) is 5.75 Å². The first-order valence-corrected chi connectivity index (χ1v) is 7.59. The van der Waals surface area contributed by atoms with Crippen LogP contribution in [0, 0.1) is 29.1 Å². The minimum Gasteiger partial charge on any atom is -0.497 e. The molecule has 0 aliphatic carbocycles. The molecule has 0 fully saturated rings. The molecule has 11 heteroatoms. The minimum atomic E-state index is -2.43. The highest BCUT2D eigenvalue weighted by Gasteiger charge is 2.31. The maximum Gasteiger partial charge on any atom is 0.258 e. The third-order valence-electron chi connectivity index (χ3n) is 3.58. The predicted octanol–water partition coefficient (Wildman–Crippen LogP) is 2.12. The van der Waals surface area contributed by atoms with Gasteiger partial charge in [-0.05, 0) is 12.1 Å². The number of halogens is 5. The van der Waals surface area contributed by atoms with Crippen molar-refractivity contribution in [1.29, 1.82) is 0 Å². The van der Waals surface area contributed by atoms with Crippen molar-refractivity contribution in [2.45, 2.75) is 6.04 Å². The monoisotopic (exact) mass is 404 g/mol. The summed E-state index contributed by atoms with van der Waals surface area (Å²) in [7, 11) is 1.38. The van der Waals surface area contributed by atoms with Crippen molar-refractivity contribution in [3.63, 3.8) is 0 Å². The molecule has 0 saturated carbocycles. The van der Waals surface area contributed by atoms with Crippen LogP contribution in [0.25, 0.3) is 0 Å². The van der Waals surface area contributed by atoms with Gasteiger partial charge < -0.3 is 20.5 Å². The molecule has 2 aromatic rings. The van der Waals surface area contributed by atoms with E-state index in [4.69, 9.17) is 4.74 Å². The smallest absolute Gasteiger partial charge is 0.258 e.